The molecule has 0 spiro atoms. The van der Waals surface area contributed by atoms with Gasteiger partial charge in [-0.2, -0.15) is 0 Å². The van der Waals surface area contributed by atoms with Gasteiger partial charge in [0.25, 0.3) is 0 Å². The zero-order valence-electron chi connectivity index (χ0n) is 9.34. The molecule has 1 fully saturated rings. The molecule has 1 heterocycles. The maximum absolute atomic E-state index is 13.8. The lowest BCUT2D eigenvalue weighted by molar-refractivity contribution is 0.167. The van der Waals surface area contributed by atoms with E-state index in [4.69, 9.17) is 11.6 Å². The van der Waals surface area contributed by atoms with Crippen molar-refractivity contribution in [2.75, 3.05) is 26.2 Å². The molecule has 0 amide bonds. The second-order valence-electron chi connectivity index (χ2n) is 3.98. The molecule has 1 atom stereocenters. The standard InChI is InChI=1S/C12H16ClFN2/c1-2-16-7-6-15-8-11(16)12-9(13)4-3-5-10(12)14/h3-5,11,15H,2,6-8H2,1H3. The van der Waals surface area contributed by atoms with E-state index in [1.807, 2.05) is 0 Å². The van der Waals surface area contributed by atoms with Gasteiger partial charge in [-0.1, -0.05) is 24.6 Å². The van der Waals surface area contributed by atoms with E-state index in [2.05, 4.69) is 17.1 Å². The van der Waals surface area contributed by atoms with Gasteiger partial charge in [-0.3, -0.25) is 4.90 Å². The second-order valence-corrected chi connectivity index (χ2v) is 4.39. The summed E-state index contributed by atoms with van der Waals surface area (Å²) in [5.74, 6) is -0.209. The molecular formula is C12H16ClFN2. The van der Waals surface area contributed by atoms with E-state index in [1.54, 1.807) is 12.1 Å². The first-order chi connectivity index (χ1) is 7.74. The summed E-state index contributed by atoms with van der Waals surface area (Å²) >= 11 is 6.09. The summed E-state index contributed by atoms with van der Waals surface area (Å²) in [6.45, 7) is 5.65. The first-order valence-corrected chi connectivity index (χ1v) is 6.00. The number of halogens is 2. The summed E-state index contributed by atoms with van der Waals surface area (Å²) in [4.78, 5) is 2.25. The number of benzene rings is 1. The Morgan fingerprint density at radius 1 is 1.56 bits per heavy atom. The van der Waals surface area contributed by atoms with Gasteiger partial charge in [0.1, 0.15) is 5.82 Å². The number of hydrogen-bond donors (Lipinski definition) is 1. The van der Waals surface area contributed by atoms with Crippen LogP contribution in [0, 0.1) is 5.82 Å². The predicted octanol–water partition coefficient (Wildman–Crippen LogP) is 2.45. The Kier molecular flexibility index (Phi) is 3.79. The summed E-state index contributed by atoms with van der Waals surface area (Å²) in [6, 6.07) is 4.92. The van der Waals surface area contributed by atoms with Crippen molar-refractivity contribution in [3.05, 3.63) is 34.6 Å². The van der Waals surface area contributed by atoms with Gasteiger partial charge in [-0.15, -0.1) is 0 Å². The molecule has 0 bridgehead atoms. The number of nitrogens with one attached hydrogen (secondary N) is 1. The minimum atomic E-state index is -0.209. The summed E-state index contributed by atoms with van der Waals surface area (Å²) < 4.78 is 13.8. The zero-order chi connectivity index (χ0) is 11.5. The summed E-state index contributed by atoms with van der Waals surface area (Å²) in [5.41, 5.74) is 0.623. The minimum absolute atomic E-state index is 0.0486. The molecule has 0 saturated carbocycles. The van der Waals surface area contributed by atoms with Crippen molar-refractivity contribution in [3.63, 3.8) is 0 Å². The Hall–Kier alpha value is -0.640. The zero-order valence-corrected chi connectivity index (χ0v) is 10.1. The fraction of sp³-hybridized carbons (Fsp3) is 0.500. The fourth-order valence-corrected chi connectivity index (χ4v) is 2.53. The third-order valence-electron chi connectivity index (χ3n) is 3.09. The van der Waals surface area contributed by atoms with Crippen molar-refractivity contribution in [1.82, 2.24) is 10.2 Å². The normalized spacial score (nSPS) is 22.3. The first kappa shape index (κ1) is 11.8. The number of rotatable bonds is 2. The molecule has 0 radical (unpaired) electrons. The van der Waals surface area contributed by atoms with E-state index in [0.717, 1.165) is 26.2 Å². The van der Waals surface area contributed by atoms with Crippen LogP contribution in [0.5, 0.6) is 0 Å². The quantitative estimate of drug-likeness (QED) is 0.857. The van der Waals surface area contributed by atoms with E-state index in [0.29, 0.717) is 10.6 Å². The van der Waals surface area contributed by atoms with E-state index in [-0.39, 0.29) is 11.9 Å². The van der Waals surface area contributed by atoms with Gasteiger partial charge in [0.05, 0.1) is 6.04 Å². The van der Waals surface area contributed by atoms with Gasteiger partial charge in [0, 0.05) is 30.2 Å². The molecule has 1 aliphatic rings. The van der Waals surface area contributed by atoms with Gasteiger partial charge < -0.3 is 5.32 Å². The Morgan fingerprint density at radius 3 is 3.06 bits per heavy atom. The van der Waals surface area contributed by atoms with Crippen molar-refractivity contribution in [2.45, 2.75) is 13.0 Å². The van der Waals surface area contributed by atoms with E-state index >= 15 is 0 Å². The van der Waals surface area contributed by atoms with Crippen LogP contribution in [0.2, 0.25) is 5.02 Å². The van der Waals surface area contributed by atoms with Crippen LogP contribution >= 0.6 is 11.6 Å². The van der Waals surface area contributed by atoms with E-state index in [1.165, 1.54) is 6.07 Å². The molecule has 88 valence electrons. The van der Waals surface area contributed by atoms with Crippen molar-refractivity contribution in [3.8, 4) is 0 Å². The highest BCUT2D eigenvalue weighted by molar-refractivity contribution is 6.31. The molecule has 1 saturated heterocycles. The van der Waals surface area contributed by atoms with Gasteiger partial charge in [-0.05, 0) is 18.7 Å². The summed E-state index contributed by atoms with van der Waals surface area (Å²) in [7, 11) is 0. The number of piperazine rings is 1. The van der Waals surface area contributed by atoms with Crippen LogP contribution in [-0.4, -0.2) is 31.1 Å². The van der Waals surface area contributed by atoms with Gasteiger partial charge in [0.15, 0.2) is 0 Å². The fourth-order valence-electron chi connectivity index (χ4n) is 2.24. The van der Waals surface area contributed by atoms with Crippen LogP contribution in [0.25, 0.3) is 0 Å². The second kappa shape index (κ2) is 5.13. The van der Waals surface area contributed by atoms with Crippen LogP contribution in [0.1, 0.15) is 18.5 Å². The van der Waals surface area contributed by atoms with Crippen LogP contribution in [0.4, 0.5) is 4.39 Å². The third kappa shape index (κ3) is 2.21. The summed E-state index contributed by atoms with van der Waals surface area (Å²) in [6.07, 6.45) is 0. The highest BCUT2D eigenvalue weighted by atomic mass is 35.5. The predicted molar refractivity (Wildman–Crippen MR) is 64.3 cm³/mol. The summed E-state index contributed by atoms with van der Waals surface area (Å²) in [5, 5.41) is 3.81. The topological polar surface area (TPSA) is 15.3 Å². The molecule has 1 N–H and O–H groups in total. The van der Waals surface area contributed by atoms with Crippen molar-refractivity contribution in [1.29, 1.82) is 0 Å². The lowest BCUT2D eigenvalue weighted by Gasteiger charge is -2.36. The molecular weight excluding hydrogens is 227 g/mol. The third-order valence-corrected chi connectivity index (χ3v) is 3.42. The molecule has 4 heteroatoms. The highest BCUT2D eigenvalue weighted by Crippen LogP contribution is 2.30. The van der Waals surface area contributed by atoms with E-state index in [9.17, 15) is 4.39 Å². The molecule has 2 rings (SSSR count). The number of nitrogens with zero attached hydrogens (tertiary/aromatic N) is 1. The lowest BCUT2D eigenvalue weighted by atomic mass is 10.0. The molecule has 0 aliphatic carbocycles. The maximum Gasteiger partial charge on any atom is 0.129 e. The molecule has 16 heavy (non-hydrogen) atoms. The first-order valence-electron chi connectivity index (χ1n) is 5.62. The Bertz CT molecular complexity index is 350. The molecule has 1 aromatic rings. The number of likely N-dealkylation sites (N-methyl/N-ethyl adjacent to an activating group) is 1. The Labute approximate surface area is 100 Å². The lowest BCUT2D eigenvalue weighted by Crippen LogP contribution is -2.46. The highest BCUT2D eigenvalue weighted by Gasteiger charge is 2.26. The van der Waals surface area contributed by atoms with E-state index < -0.39 is 0 Å². The average Bonchev–Trinajstić information content (AvgIpc) is 2.29. The Balaban J connectivity index is 2.34. The van der Waals surface area contributed by atoms with Gasteiger partial charge in [0.2, 0.25) is 0 Å². The molecule has 1 unspecified atom stereocenters. The van der Waals surface area contributed by atoms with Crippen LogP contribution in [0.3, 0.4) is 0 Å². The Morgan fingerprint density at radius 2 is 2.38 bits per heavy atom. The monoisotopic (exact) mass is 242 g/mol. The smallest absolute Gasteiger partial charge is 0.129 e. The SMILES string of the molecule is CCN1CCNCC1c1c(F)cccc1Cl. The largest absolute Gasteiger partial charge is 0.314 e. The van der Waals surface area contributed by atoms with Gasteiger partial charge in [-0.25, -0.2) is 4.39 Å². The van der Waals surface area contributed by atoms with Crippen LogP contribution in [0.15, 0.2) is 18.2 Å². The van der Waals surface area contributed by atoms with Gasteiger partial charge >= 0.3 is 0 Å². The van der Waals surface area contributed by atoms with Crippen molar-refractivity contribution in [2.24, 2.45) is 0 Å². The molecule has 1 aromatic carbocycles. The van der Waals surface area contributed by atoms with Crippen LogP contribution in [-0.2, 0) is 0 Å². The van der Waals surface area contributed by atoms with Crippen molar-refractivity contribution >= 4 is 11.6 Å². The minimum Gasteiger partial charge on any atom is -0.314 e. The molecule has 0 aromatic heterocycles. The maximum atomic E-state index is 13.8. The van der Waals surface area contributed by atoms with Crippen molar-refractivity contribution < 1.29 is 4.39 Å². The average molecular weight is 243 g/mol. The molecule has 2 nitrogen and oxygen atoms in total. The van der Waals surface area contributed by atoms with Crippen LogP contribution < -0.4 is 5.32 Å². The number of hydrogen-bond acceptors (Lipinski definition) is 2. The molecule has 1 aliphatic heterocycles.